The summed E-state index contributed by atoms with van der Waals surface area (Å²) in [5.74, 6) is 0. The van der Waals surface area contributed by atoms with E-state index >= 15 is 0 Å². The van der Waals surface area contributed by atoms with Crippen molar-refractivity contribution in [2.24, 2.45) is 0 Å². The molecule has 0 bridgehead atoms. The molecular weight excluding hydrogens is 443 g/mol. The van der Waals surface area contributed by atoms with Crippen molar-refractivity contribution in [3.05, 3.63) is 57.6 Å². The Hall–Kier alpha value is -1.16. The molecule has 0 atom stereocenters. The summed E-state index contributed by atoms with van der Waals surface area (Å²) in [6, 6.07) is 9.07. The largest absolute Gasteiger partial charge is 0.243 e. The van der Waals surface area contributed by atoms with Gasteiger partial charge in [-0.2, -0.15) is 8.61 Å². The maximum absolute atomic E-state index is 12.9. The first-order valence-electron chi connectivity index (χ1n) is 8.56. The molecule has 2 aromatic carbocycles. The molecule has 0 spiro atoms. The van der Waals surface area contributed by atoms with Gasteiger partial charge in [-0.25, -0.2) is 16.8 Å². The van der Waals surface area contributed by atoms with Crippen LogP contribution in [-0.2, 0) is 20.0 Å². The number of benzene rings is 2. The molecule has 28 heavy (non-hydrogen) atoms. The fourth-order valence-electron chi connectivity index (χ4n) is 3.00. The molecule has 6 nitrogen and oxygen atoms in total. The van der Waals surface area contributed by atoms with Crippen LogP contribution in [-0.4, -0.2) is 51.6 Å². The first-order chi connectivity index (χ1) is 13.0. The minimum atomic E-state index is -3.71. The molecule has 0 amide bonds. The monoisotopic (exact) mass is 462 g/mol. The smallest absolute Gasteiger partial charge is 0.207 e. The van der Waals surface area contributed by atoms with Gasteiger partial charge in [0.05, 0.1) is 9.79 Å². The quantitative estimate of drug-likeness (QED) is 0.698. The summed E-state index contributed by atoms with van der Waals surface area (Å²) in [7, 11) is -7.42. The number of halogens is 2. The Morgan fingerprint density at radius 3 is 1.29 bits per heavy atom. The summed E-state index contributed by atoms with van der Waals surface area (Å²) in [6.07, 6.45) is 0. The lowest BCUT2D eigenvalue weighted by atomic mass is 10.2. The SMILES string of the molecule is Cc1cc(S(=O)(=O)N2CCN(S(=O)(=O)c3ccc(Cl)c(C)c3)CC2)ccc1Cl. The molecule has 0 N–H and O–H groups in total. The van der Waals surface area contributed by atoms with Crippen molar-refractivity contribution in [2.45, 2.75) is 23.6 Å². The number of hydrogen-bond acceptors (Lipinski definition) is 4. The van der Waals surface area contributed by atoms with Gasteiger partial charge in [0.2, 0.25) is 20.0 Å². The lowest BCUT2D eigenvalue weighted by Gasteiger charge is -2.33. The minimum absolute atomic E-state index is 0.0792. The van der Waals surface area contributed by atoms with E-state index in [-0.39, 0.29) is 36.0 Å². The molecule has 10 heteroatoms. The highest BCUT2D eigenvalue weighted by Gasteiger charge is 2.34. The molecule has 3 rings (SSSR count). The predicted molar refractivity (Wildman–Crippen MR) is 110 cm³/mol. The molecule has 0 aliphatic carbocycles. The number of aryl methyl sites for hydroxylation is 2. The molecule has 0 aromatic heterocycles. The Balaban J connectivity index is 1.78. The molecule has 1 fully saturated rings. The average Bonchev–Trinajstić information content (AvgIpc) is 2.66. The molecule has 0 saturated carbocycles. The van der Waals surface area contributed by atoms with Crippen LogP contribution in [0.25, 0.3) is 0 Å². The van der Waals surface area contributed by atoms with Crippen LogP contribution in [0.15, 0.2) is 46.2 Å². The van der Waals surface area contributed by atoms with Gasteiger partial charge in [-0.3, -0.25) is 0 Å². The zero-order valence-corrected chi connectivity index (χ0v) is 18.5. The molecule has 1 aliphatic heterocycles. The molecular formula is C18H20Cl2N2O4S2. The van der Waals surface area contributed by atoms with Crippen LogP contribution in [0.1, 0.15) is 11.1 Å². The summed E-state index contributed by atoms with van der Waals surface area (Å²) in [5, 5.41) is 0.987. The average molecular weight is 463 g/mol. The van der Waals surface area contributed by atoms with E-state index in [1.54, 1.807) is 26.0 Å². The Kier molecular flexibility index (Phi) is 6.10. The fourth-order valence-corrected chi connectivity index (χ4v) is 6.25. The second-order valence-electron chi connectivity index (χ2n) is 6.63. The van der Waals surface area contributed by atoms with E-state index in [0.29, 0.717) is 21.2 Å². The van der Waals surface area contributed by atoms with Gasteiger partial charge in [-0.05, 0) is 61.4 Å². The van der Waals surface area contributed by atoms with Crippen LogP contribution in [0.4, 0.5) is 0 Å². The number of sulfonamides is 2. The summed E-state index contributed by atoms with van der Waals surface area (Å²) in [4.78, 5) is 0.304. The summed E-state index contributed by atoms with van der Waals surface area (Å²) in [5.41, 5.74) is 1.34. The van der Waals surface area contributed by atoms with Crippen LogP contribution >= 0.6 is 23.2 Å². The number of rotatable bonds is 4. The first-order valence-corrected chi connectivity index (χ1v) is 12.2. The van der Waals surface area contributed by atoms with E-state index in [1.165, 1.54) is 32.9 Å². The topological polar surface area (TPSA) is 74.8 Å². The van der Waals surface area contributed by atoms with Crippen LogP contribution in [0.2, 0.25) is 10.0 Å². The Bertz CT molecular complexity index is 1020. The van der Waals surface area contributed by atoms with Crippen LogP contribution in [0.5, 0.6) is 0 Å². The molecule has 1 aliphatic rings. The summed E-state index contributed by atoms with van der Waals surface area (Å²) >= 11 is 11.9. The Labute approximate surface area is 175 Å². The molecule has 152 valence electrons. The molecule has 1 saturated heterocycles. The third kappa shape index (κ3) is 4.08. The third-order valence-corrected chi connectivity index (χ3v) is 9.37. The molecule has 1 heterocycles. The van der Waals surface area contributed by atoms with Gasteiger partial charge in [0, 0.05) is 36.2 Å². The normalized spacial score (nSPS) is 17.0. The molecule has 0 unspecified atom stereocenters. The number of piperazine rings is 1. The van der Waals surface area contributed by atoms with Crippen LogP contribution in [0, 0.1) is 13.8 Å². The van der Waals surface area contributed by atoms with Gasteiger partial charge in [-0.15, -0.1) is 0 Å². The van der Waals surface area contributed by atoms with Crippen LogP contribution < -0.4 is 0 Å². The van der Waals surface area contributed by atoms with E-state index in [2.05, 4.69) is 0 Å². The summed E-state index contributed by atoms with van der Waals surface area (Å²) in [6.45, 7) is 3.79. The van der Waals surface area contributed by atoms with E-state index in [4.69, 9.17) is 23.2 Å². The highest BCUT2D eigenvalue weighted by molar-refractivity contribution is 7.89. The lowest BCUT2D eigenvalue weighted by molar-refractivity contribution is 0.273. The molecule has 0 radical (unpaired) electrons. The zero-order valence-electron chi connectivity index (χ0n) is 15.4. The highest BCUT2D eigenvalue weighted by Crippen LogP contribution is 2.26. The van der Waals surface area contributed by atoms with Crippen molar-refractivity contribution < 1.29 is 16.8 Å². The maximum atomic E-state index is 12.9. The number of nitrogens with zero attached hydrogens (tertiary/aromatic N) is 2. The predicted octanol–water partition coefficient (Wildman–Crippen LogP) is 3.31. The van der Waals surface area contributed by atoms with Gasteiger partial charge in [0.1, 0.15) is 0 Å². The van der Waals surface area contributed by atoms with Crippen molar-refractivity contribution in [3.8, 4) is 0 Å². The standard InChI is InChI=1S/C18H20Cl2N2O4S2/c1-13-11-15(3-5-17(13)19)27(23,24)21-7-9-22(10-8-21)28(25,26)16-4-6-18(20)14(2)12-16/h3-6,11-12H,7-10H2,1-2H3. The Morgan fingerprint density at radius 2 is 1.00 bits per heavy atom. The van der Waals surface area contributed by atoms with E-state index in [9.17, 15) is 16.8 Å². The van der Waals surface area contributed by atoms with Gasteiger partial charge in [-0.1, -0.05) is 23.2 Å². The second kappa shape index (κ2) is 7.93. The Morgan fingerprint density at radius 1 is 0.679 bits per heavy atom. The van der Waals surface area contributed by atoms with E-state index < -0.39 is 20.0 Å². The van der Waals surface area contributed by atoms with Gasteiger partial charge in [0.25, 0.3) is 0 Å². The fraction of sp³-hybridized carbons (Fsp3) is 0.333. The maximum Gasteiger partial charge on any atom is 0.243 e. The van der Waals surface area contributed by atoms with Gasteiger partial charge >= 0.3 is 0 Å². The zero-order chi connectivity index (χ0) is 20.7. The minimum Gasteiger partial charge on any atom is -0.207 e. The highest BCUT2D eigenvalue weighted by atomic mass is 35.5. The van der Waals surface area contributed by atoms with Crippen LogP contribution in [0.3, 0.4) is 0 Å². The van der Waals surface area contributed by atoms with E-state index in [1.807, 2.05) is 0 Å². The molecule has 2 aromatic rings. The van der Waals surface area contributed by atoms with Crippen molar-refractivity contribution in [3.63, 3.8) is 0 Å². The third-order valence-electron chi connectivity index (χ3n) is 4.73. The summed E-state index contributed by atoms with van der Waals surface area (Å²) < 4.78 is 54.0. The second-order valence-corrected chi connectivity index (χ2v) is 11.3. The first kappa shape index (κ1) is 21.5. The van der Waals surface area contributed by atoms with Crippen molar-refractivity contribution in [1.29, 1.82) is 0 Å². The lowest BCUT2D eigenvalue weighted by Crippen LogP contribution is -2.50. The number of hydrogen-bond donors (Lipinski definition) is 0. The van der Waals surface area contributed by atoms with Crippen molar-refractivity contribution in [1.82, 2.24) is 8.61 Å². The van der Waals surface area contributed by atoms with Crippen molar-refractivity contribution >= 4 is 43.2 Å². The van der Waals surface area contributed by atoms with Gasteiger partial charge in [0.15, 0.2) is 0 Å². The van der Waals surface area contributed by atoms with Gasteiger partial charge < -0.3 is 0 Å². The van der Waals surface area contributed by atoms with E-state index in [0.717, 1.165) is 0 Å². The van der Waals surface area contributed by atoms with Crippen molar-refractivity contribution in [2.75, 3.05) is 26.2 Å².